The summed E-state index contributed by atoms with van der Waals surface area (Å²) in [5.41, 5.74) is -5.37. The molecular weight excluding hydrogens is 467 g/mol. The average Bonchev–Trinajstić information content (AvgIpc) is 3.18. The molecule has 0 radical (unpaired) electrons. The van der Waals surface area contributed by atoms with Gasteiger partial charge in [0.1, 0.15) is 18.1 Å². The SMILES string of the molecule is [2H]C([2H])([2H])C(C([2H])([2H])[2H])(C([2H])([2H])[2H])C([2H])(NC(=O)C(F)(F)F)C(=O)N1C[C@H]2[C@@H]([C@H]1C(=O)N[C@H](C#N)C[C@@H]1CCNC1=O)C2(C)C. The number of nitrogens with one attached hydrogen (secondary N) is 3. The molecule has 2 saturated heterocycles. The van der Waals surface area contributed by atoms with Gasteiger partial charge in [0.2, 0.25) is 17.7 Å². The Kier molecular flexibility index (Phi) is 4.11. The molecule has 3 fully saturated rings. The summed E-state index contributed by atoms with van der Waals surface area (Å²) in [5, 5.41) is 15.3. The van der Waals surface area contributed by atoms with E-state index in [1.165, 1.54) is 0 Å². The van der Waals surface area contributed by atoms with E-state index in [9.17, 15) is 37.6 Å². The fraction of sp³-hybridized carbons (Fsp3) is 0.783. The van der Waals surface area contributed by atoms with Crippen LogP contribution in [0.3, 0.4) is 0 Å². The van der Waals surface area contributed by atoms with Crippen molar-refractivity contribution in [3.63, 3.8) is 0 Å². The maximum atomic E-state index is 14.2. The number of carbonyl (C=O) groups excluding carboxylic acids is 4. The third-order valence-corrected chi connectivity index (χ3v) is 6.98. The molecule has 2 aliphatic heterocycles. The summed E-state index contributed by atoms with van der Waals surface area (Å²) in [6.07, 6.45) is -5.74. The molecule has 194 valence electrons. The fourth-order valence-corrected chi connectivity index (χ4v) is 4.99. The van der Waals surface area contributed by atoms with Crippen molar-refractivity contribution in [2.24, 2.45) is 28.6 Å². The third-order valence-electron chi connectivity index (χ3n) is 6.98. The minimum atomic E-state index is -5.94. The van der Waals surface area contributed by atoms with E-state index in [2.05, 4.69) is 10.6 Å². The zero-order valence-corrected chi connectivity index (χ0v) is 18.9. The maximum absolute atomic E-state index is 14.2. The van der Waals surface area contributed by atoms with Crippen LogP contribution in [-0.2, 0) is 19.2 Å². The van der Waals surface area contributed by atoms with Crippen molar-refractivity contribution in [3.8, 4) is 6.07 Å². The molecule has 12 heteroatoms. The normalized spacial score (nSPS) is 35.1. The van der Waals surface area contributed by atoms with Gasteiger partial charge in [-0.3, -0.25) is 19.2 Å². The number of carbonyl (C=O) groups is 4. The predicted molar refractivity (Wildman–Crippen MR) is 117 cm³/mol. The van der Waals surface area contributed by atoms with Crippen molar-refractivity contribution < 1.29 is 46.1 Å². The first-order valence-electron chi connectivity index (χ1n) is 15.8. The Morgan fingerprint density at radius 1 is 1.31 bits per heavy atom. The molecule has 0 aromatic carbocycles. The van der Waals surface area contributed by atoms with E-state index in [1.807, 2.05) is 0 Å². The molecule has 9 nitrogen and oxygen atoms in total. The van der Waals surface area contributed by atoms with Crippen molar-refractivity contribution in [3.05, 3.63) is 0 Å². The number of fused-ring (bicyclic) bond motifs is 1. The van der Waals surface area contributed by atoms with Crippen LogP contribution in [0.1, 0.15) is 61.0 Å². The van der Waals surface area contributed by atoms with E-state index in [0.717, 1.165) is 5.32 Å². The molecule has 6 atom stereocenters. The van der Waals surface area contributed by atoms with Gasteiger partial charge in [0.25, 0.3) is 0 Å². The lowest BCUT2D eigenvalue weighted by molar-refractivity contribution is -0.176. The van der Waals surface area contributed by atoms with E-state index in [4.69, 9.17) is 13.7 Å². The molecule has 2 heterocycles. The summed E-state index contributed by atoms with van der Waals surface area (Å²) in [6, 6.07) is -5.84. The molecule has 1 saturated carbocycles. The summed E-state index contributed by atoms with van der Waals surface area (Å²) in [7, 11) is 0. The van der Waals surface area contributed by atoms with E-state index in [1.54, 1.807) is 19.9 Å². The monoisotopic (exact) mass is 509 g/mol. The largest absolute Gasteiger partial charge is 0.471 e. The predicted octanol–water partition coefficient (Wildman–Crippen LogP) is 1.10. The Bertz CT molecular complexity index is 1260. The second kappa shape index (κ2) is 8.99. The Labute approximate surface area is 216 Å². The van der Waals surface area contributed by atoms with Gasteiger partial charge in [0, 0.05) is 31.3 Å². The second-order valence-corrected chi connectivity index (χ2v) is 9.64. The lowest BCUT2D eigenvalue weighted by Gasteiger charge is -2.37. The minimum Gasteiger partial charge on any atom is -0.356 e. The van der Waals surface area contributed by atoms with Crippen molar-refractivity contribution in [1.29, 1.82) is 5.26 Å². The Morgan fingerprint density at radius 3 is 2.49 bits per heavy atom. The standard InChI is InChI=1S/C23H32F3N5O4/c1-21(2,3)16(30-20(35)23(24,25)26)19(34)31-10-13-14(22(13,4)5)15(31)18(33)29-12(9-27)8-11-6-7-28-17(11)32/h11-16H,6-8,10H2,1-5H3,(H,28,32)(H,29,33)(H,30,35)/t11-,12-,13-,14-,15-,16?/m0/s1/i1D3,2D3,3D3,16D. The first-order valence-corrected chi connectivity index (χ1v) is 10.8. The van der Waals surface area contributed by atoms with Crippen molar-refractivity contribution in [2.75, 3.05) is 13.1 Å². The first kappa shape index (κ1) is 16.0. The molecule has 1 aliphatic carbocycles. The second-order valence-electron chi connectivity index (χ2n) is 9.64. The van der Waals surface area contributed by atoms with Gasteiger partial charge in [-0.2, -0.15) is 18.4 Å². The Hall–Kier alpha value is -2.84. The van der Waals surface area contributed by atoms with Crippen LogP contribution in [0.15, 0.2) is 0 Å². The highest BCUT2D eigenvalue weighted by Crippen LogP contribution is 2.65. The number of likely N-dealkylation sites (tertiary alicyclic amines) is 1. The lowest BCUT2D eigenvalue weighted by Crippen LogP contribution is -2.61. The maximum Gasteiger partial charge on any atom is 0.471 e. The number of alkyl halides is 3. The molecule has 4 amide bonds. The molecule has 35 heavy (non-hydrogen) atoms. The van der Waals surface area contributed by atoms with Crippen LogP contribution >= 0.6 is 0 Å². The number of nitrogens with zero attached hydrogens (tertiary/aromatic N) is 2. The molecule has 0 aromatic heterocycles. The molecule has 1 unspecified atom stereocenters. The van der Waals surface area contributed by atoms with E-state index in [-0.39, 0.29) is 12.3 Å². The van der Waals surface area contributed by atoms with Crippen LogP contribution < -0.4 is 16.0 Å². The quantitative estimate of drug-likeness (QED) is 0.493. The summed E-state index contributed by atoms with van der Waals surface area (Å²) < 4.78 is 120. The van der Waals surface area contributed by atoms with Crippen LogP contribution in [0.4, 0.5) is 13.2 Å². The van der Waals surface area contributed by atoms with Crippen molar-refractivity contribution in [1.82, 2.24) is 20.9 Å². The Morgan fingerprint density at radius 2 is 1.97 bits per heavy atom. The molecular formula is C23H32F3N5O4. The number of nitriles is 1. The molecule has 3 aliphatic rings. The Balaban J connectivity index is 2.17. The molecule has 3 N–H and O–H groups in total. The zero-order valence-electron chi connectivity index (χ0n) is 28.9. The number of rotatable bonds is 6. The van der Waals surface area contributed by atoms with Gasteiger partial charge in [-0.15, -0.1) is 0 Å². The highest BCUT2D eigenvalue weighted by Gasteiger charge is 2.70. The third kappa shape index (κ3) is 5.23. The molecule has 0 bridgehead atoms. The van der Waals surface area contributed by atoms with Crippen LogP contribution in [0.2, 0.25) is 0 Å². The van der Waals surface area contributed by atoms with Gasteiger partial charge in [-0.1, -0.05) is 34.4 Å². The molecule has 0 aromatic rings. The van der Waals surface area contributed by atoms with Gasteiger partial charge in [-0.25, -0.2) is 0 Å². The fourth-order valence-electron chi connectivity index (χ4n) is 4.99. The van der Waals surface area contributed by atoms with E-state index >= 15 is 0 Å². The molecule has 0 spiro atoms. The van der Waals surface area contributed by atoms with Gasteiger partial charge < -0.3 is 20.9 Å². The van der Waals surface area contributed by atoms with Crippen molar-refractivity contribution in [2.45, 2.75) is 71.5 Å². The van der Waals surface area contributed by atoms with Crippen LogP contribution in [0, 0.1) is 39.9 Å². The van der Waals surface area contributed by atoms with Crippen molar-refractivity contribution >= 4 is 23.6 Å². The summed E-state index contributed by atoms with van der Waals surface area (Å²) >= 11 is 0. The van der Waals surface area contributed by atoms with Crippen LogP contribution in [-0.4, -0.2) is 65.9 Å². The van der Waals surface area contributed by atoms with E-state index < -0.39 is 97.7 Å². The topological polar surface area (TPSA) is 131 Å². The number of hydrogen-bond acceptors (Lipinski definition) is 5. The van der Waals surface area contributed by atoms with Gasteiger partial charge in [0.15, 0.2) is 0 Å². The lowest BCUT2D eigenvalue weighted by atomic mass is 9.85. The van der Waals surface area contributed by atoms with Gasteiger partial charge >= 0.3 is 12.1 Å². The van der Waals surface area contributed by atoms with Crippen LogP contribution in [0.5, 0.6) is 0 Å². The van der Waals surface area contributed by atoms with Crippen LogP contribution in [0.25, 0.3) is 0 Å². The average molecular weight is 510 g/mol. The van der Waals surface area contributed by atoms with Gasteiger partial charge in [-0.05, 0) is 35.5 Å². The number of hydrogen-bond donors (Lipinski definition) is 3. The van der Waals surface area contributed by atoms with Gasteiger partial charge in [0.05, 0.1) is 7.44 Å². The summed E-state index contributed by atoms with van der Waals surface area (Å²) in [6.45, 7) is -10.1. The van der Waals surface area contributed by atoms with E-state index in [0.29, 0.717) is 17.9 Å². The number of piperidine rings is 1. The smallest absolute Gasteiger partial charge is 0.356 e. The summed E-state index contributed by atoms with van der Waals surface area (Å²) in [4.78, 5) is 52.4. The highest BCUT2D eigenvalue weighted by atomic mass is 19.4. The first-order chi connectivity index (χ1) is 20.1. The highest BCUT2D eigenvalue weighted by molar-refractivity contribution is 5.95. The summed E-state index contributed by atoms with van der Waals surface area (Å²) in [5.74, 6) is -8.89. The molecule has 3 rings (SSSR count). The number of halogens is 3. The zero-order chi connectivity index (χ0) is 34.9. The minimum absolute atomic E-state index is 0.156. The number of amides is 4.